The van der Waals surface area contributed by atoms with Crippen LogP contribution >= 0.6 is 0 Å². The lowest BCUT2D eigenvalue weighted by Gasteiger charge is -2.41. The number of nitrogens with zero attached hydrogens (tertiary/aromatic N) is 1. The predicted octanol–water partition coefficient (Wildman–Crippen LogP) is 2.71. The van der Waals surface area contributed by atoms with E-state index in [9.17, 15) is 9.59 Å². The lowest BCUT2D eigenvalue weighted by atomic mass is 9.74. The number of nitrogens with one attached hydrogen (secondary N) is 1. The number of hydrogen-bond acceptors (Lipinski definition) is 4. The van der Waals surface area contributed by atoms with Gasteiger partial charge in [-0.3, -0.25) is 4.79 Å². The van der Waals surface area contributed by atoms with Crippen molar-refractivity contribution in [2.45, 2.75) is 52.1 Å². The van der Waals surface area contributed by atoms with Crippen molar-refractivity contribution in [3.05, 3.63) is 35.9 Å². The van der Waals surface area contributed by atoms with Gasteiger partial charge in [0.15, 0.2) is 0 Å². The van der Waals surface area contributed by atoms with Gasteiger partial charge < -0.3 is 20.7 Å². The average Bonchev–Trinajstić information content (AvgIpc) is 2.61. The first-order chi connectivity index (χ1) is 12.7. The van der Waals surface area contributed by atoms with Gasteiger partial charge in [0.05, 0.1) is 0 Å². The zero-order valence-electron chi connectivity index (χ0n) is 16.8. The van der Waals surface area contributed by atoms with Crippen LogP contribution in [0.15, 0.2) is 30.3 Å². The van der Waals surface area contributed by atoms with Crippen molar-refractivity contribution in [1.29, 1.82) is 0 Å². The molecule has 1 aliphatic rings. The summed E-state index contributed by atoms with van der Waals surface area (Å²) in [7, 11) is 0. The minimum atomic E-state index is -0.536. The smallest absolute Gasteiger partial charge is 0.407 e. The van der Waals surface area contributed by atoms with Gasteiger partial charge in [-0.15, -0.1) is 0 Å². The quantitative estimate of drug-likeness (QED) is 0.801. The largest absolute Gasteiger partial charge is 0.444 e. The topological polar surface area (TPSA) is 84.7 Å². The second-order valence-corrected chi connectivity index (χ2v) is 8.43. The number of rotatable bonds is 6. The molecule has 0 saturated carbocycles. The van der Waals surface area contributed by atoms with Crippen molar-refractivity contribution in [3.63, 3.8) is 0 Å². The van der Waals surface area contributed by atoms with Crippen LogP contribution in [0.1, 0.15) is 45.6 Å². The number of likely N-dealkylation sites (tertiary alicyclic amines) is 1. The summed E-state index contributed by atoms with van der Waals surface area (Å²) in [4.78, 5) is 26.0. The van der Waals surface area contributed by atoms with Crippen molar-refractivity contribution >= 4 is 12.0 Å². The minimum Gasteiger partial charge on any atom is -0.444 e. The first-order valence-electron chi connectivity index (χ1n) is 9.72. The minimum absolute atomic E-state index is 0.0624. The van der Waals surface area contributed by atoms with Crippen LogP contribution < -0.4 is 11.1 Å². The van der Waals surface area contributed by atoms with Gasteiger partial charge in [-0.25, -0.2) is 4.79 Å². The first-order valence-corrected chi connectivity index (χ1v) is 9.72. The first kappa shape index (κ1) is 21.2. The maximum Gasteiger partial charge on any atom is 0.407 e. The summed E-state index contributed by atoms with van der Waals surface area (Å²) in [6, 6.07) is 10.4. The number of carbonyl (C=O) groups excluding carboxylic acids is 2. The highest BCUT2D eigenvalue weighted by atomic mass is 16.6. The van der Waals surface area contributed by atoms with Crippen LogP contribution in [0, 0.1) is 5.41 Å². The van der Waals surface area contributed by atoms with Gasteiger partial charge in [-0.05, 0) is 57.6 Å². The second-order valence-electron chi connectivity index (χ2n) is 8.43. The highest BCUT2D eigenvalue weighted by molar-refractivity contribution is 5.77. The van der Waals surface area contributed by atoms with Crippen LogP contribution in [-0.4, -0.2) is 48.7 Å². The van der Waals surface area contributed by atoms with Crippen molar-refractivity contribution in [2.24, 2.45) is 11.1 Å². The Morgan fingerprint density at radius 3 is 2.37 bits per heavy atom. The summed E-state index contributed by atoms with van der Waals surface area (Å²) in [5, 5.41) is 2.64. The lowest BCUT2D eigenvalue weighted by Crippen LogP contribution is -2.47. The molecule has 1 fully saturated rings. The summed E-state index contributed by atoms with van der Waals surface area (Å²) >= 11 is 0. The molecule has 0 radical (unpaired) electrons. The number of ether oxygens (including phenoxy) is 1. The van der Waals surface area contributed by atoms with E-state index in [4.69, 9.17) is 10.5 Å². The molecule has 0 spiro atoms. The molecule has 2 rings (SSSR count). The van der Waals surface area contributed by atoms with E-state index in [0.717, 1.165) is 32.4 Å². The molecular formula is C21H33N3O3. The van der Waals surface area contributed by atoms with E-state index in [2.05, 4.69) is 29.6 Å². The Bertz CT molecular complexity index is 617. The van der Waals surface area contributed by atoms with Crippen molar-refractivity contribution in [3.8, 4) is 0 Å². The number of hydrogen-bond donors (Lipinski definition) is 2. The molecule has 27 heavy (non-hydrogen) atoms. The predicted molar refractivity (Wildman–Crippen MR) is 106 cm³/mol. The van der Waals surface area contributed by atoms with Gasteiger partial charge in [0, 0.05) is 26.1 Å². The molecule has 0 unspecified atom stereocenters. The highest BCUT2D eigenvalue weighted by Gasteiger charge is 2.34. The third-order valence-electron chi connectivity index (χ3n) is 5.04. The molecule has 2 amide bonds. The molecule has 150 valence electrons. The second kappa shape index (κ2) is 9.22. The van der Waals surface area contributed by atoms with Crippen LogP contribution in [0.2, 0.25) is 0 Å². The number of amides is 2. The molecule has 6 heteroatoms. The van der Waals surface area contributed by atoms with E-state index < -0.39 is 11.7 Å². The third-order valence-corrected chi connectivity index (χ3v) is 5.04. The van der Waals surface area contributed by atoms with E-state index in [1.165, 1.54) is 5.56 Å². The molecule has 3 N–H and O–H groups in total. The molecule has 1 aromatic carbocycles. The number of carbonyl (C=O) groups is 2. The molecule has 6 nitrogen and oxygen atoms in total. The summed E-state index contributed by atoms with van der Waals surface area (Å²) in [5.74, 6) is 0.0661. The van der Waals surface area contributed by atoms with Gasteiger partial charge in [0.25, 0.3) is 0 Å². The summed E-state index contributed by atoms with van der Waals surface area (Å²) < 4.78 is 5.17. The van der Waals surface area contributed by atoms with E-state index >= 15 is 0 Å². The van der Waals surface area contributed by atoms with Crippen LogP contribution in [0.3, 0.4) is 0 Å². The van der Waals surface area contributed by atoms with Gasteiger partial charge in [-0.1, -0.05) is 30.3 Å². The molecule has 0 atom stereocenters. The van der Waals surface area contributed by atoms with Gasteiger partial charge in [-0.2, -0.15) is 0 Å². The van der Waals surface area contributed by atoms with Crippen LogP contribution in [0.5, 0.6) is 0 Å². The van der Waals surface area contributed by atoms with Crippen LogP contribution in [-0.2, 0) is 16.0 Å². The zero-order valence-corrected chi connectivity index (χ0v) is 16.8. The Kier molecular flexibility index (Phi) is 7.25. The molecule has 1 aromatic rings. The molecule has 0 bridgehead atoms. The number of piperidine rings is 1. The number of benzene rings is 1. The van der Waals surface area contributed by atoms with E-state index in [1.54, 1.807) is 0 Å². The van der Waals surface area contributed by atoms with Crippen molar-refractivity contribution < 1.29 is 14.3 Å². The Morgan fingerprint density at radius 1 is 1.19 bits per heavy atom. The fraction of sp³-hybridized carbons (Fsp3) is 0.619. The van der Waals surface area contributed by atoms with Gasteiger partial charge in [0.1, 0.15) is 5.60 Å². The lowest BCUT2D eigenvalue weighted by molar-refractivity contribution is -0.133. The number of nitrogens with two attached hydrogens (primary N) is 1. The Morgan fingerprint density at radius 2 is 1.81 bits per heavy atom. The van der Waals surface area contributed by atoms with Crippen molar-refractivity contribution in [2.75, 3.05) is 26.2 Å². The van der Waals surface area contributed by atoms with E-state index in [1.807, 2.05) is 31.7 Å². The fourth-order valence-corrected chi connectivity index (χ4v) is 3.46. The molecular weight excluding hydrogens is 342 g/mol. The van der Waals surface area contributed by atoms with Gasteiger partial charge in [0.2, 0.25) is 5.91 Å². The molecule has 1 aliphatic heterocycles. The molecule has 0 aliphatic carbocycles. The summed E-state index contributed by atoms with van der Waals surface area (Å²) in [6.45, 7) is 7.78. The third kappa shape index (κ3) is 6.86. The standard InChI is InChI=1S/C21H33N3O3/c1-20(2,3)27-19(26)23-12-9-18(25)24-13-10-21(16-22,11-14-24)15-17-7-5-4-6-8-17/h4-8H,9-16,22H2,1-3H3,(H,23,26). The highest BCUT2D eigenvalue weighted by Crippen LogP contribution is 2.34. The summed E-state index contributed by atoms with van der Waals surface area (Å²) in [5.41, 5.74) is 6.93. The maximum absolute atomic E-state index is 12.4. The zero-order chi connectivity index (χ0) is 19.9. The summed E-state index contributed by atoms with van der Waals surface area (Å²) in [6.07, 6.45) is 2.56. The number of alkyl carbamates (subject to hydrolysis) is 1. The fourth-order valence-electron chi connectivity index (χ4n) is 3.46. The van der Waals surface area contributed by atoms with Gasteiger partial charge >= 0.3 is 6.09 Å². The Labute approximate surface area is 162 Å². The molecule has 1 heterocycles. The van der Waals surface area contributed by atoms with Crippen LogP contribution in [0.25, 0.3) is 0 Å². The average molecular weight is 376 g/mol. The Hall–Kier alpha value is -2.08. The SMILES string of the molecule is CC(C)(C)OC(=O)NCCC(=O)N1CCC(CN)(Cc2ccccc2)CC1. The van der Waals surface area contributed by atoms with E-state index in [0.29, 0.717) is 6.54 Å². The van der Waals surface area contributed by atoms with Crippen molar-refractivity contribution in [1.82, 2.24) is 10.2 Å². The van der Waals surface area contributed by atoms with E-state index in [-0.39, 0.29) is 24.3 Å². The van der Waals surface area contributed by atoms with Crippen LogP contribution in [0.4, 0.5) is 4.79 Å². The Balaban J connectivity index is 1.77. The monoisotopic (exact) mass is 375 g/mol. The molecule has 0 aromatic heterocycles. The molecule has 1 saturated heterocycles. The maximum atomic E-state index is 12.4. The normalized spacial score (nSPS) is 16.7.